The van der Waals surface area contributed by atoms with Gasteiger partial charge in [0.1, 0.15) is 5.03 Å². The maximum absolute atomic E-state index is 9.16. The molecule has 2 heterocycles. The molecule has 0 saturated heterocycles. The van der Waals surface area contributed by atoms with E-state index in [0.717, 1.165) is 35.2 Å². The van der Waals surface area contributed by atoms with Crippen molar-refractivity contribution in [3.05, 3.63) is 35.4 Å². The quantitative estimate of drug-likeness (QED) is 0.816. The molecule has 0 aliphatic carbocycles. The van der Waals surface area contributed by atoms with Gasteiger partial charge in [-0.1, -0.05) is 11.6 Å². The van der Waals surface area contributed by atoms with Gasteiger partial charge in [0.25, 0.3) is 0 Å². The highest BCUT2D eigenvalue weighted by atomic mass is 32.2. The molecule has 6 heteroatoms. The van der Waals surface area contributed by atoms with Gasteiger partial charge in [0, 0.05) is 37.8 Å². The Morgan fingerprint density at radius 2 is 2.25 bits per heavy atom. The number of hydrogen-bond acceptors (Lipinski definition) is 5. The second-order valence-electron chi connectivity index (χ2n) is 5.91. The SMILES string of the molecule is COCCN=C1Sc2nc3ccc(C)cc3cc2CN1CCCO. The van der Waals surface area contributed by atoms with E-state index in [-0.39, 0.29) is 6.61 Å². The number of methoxy groups -OCH3 is 1. The van der Waals surface area contributed by atoms with E-state index in [1.54, 1.807) is 18.9 Å². The third-order valence-corrected chi connectivity index (χ3v) is 5.07. The Hall–Kier alpha value is -1.63. The number of ether oxygens (including phenoxy) is 1. The standard InChI is InChI=1S/C18H23N3O2S/c1-13-4-5-16-14(10-13)11-15-12-21(7-3-8-22)18(19-6-9-23-2)24-17(15)20-16/h4-5,10-11,22H,3,6-9,12H2,1-2H3. The average molecular weight is 345 g/mol. The lowest BCUT2D eigenvalue weighted by Crippen LogP contribution is -2.33. The van der Waals surface area contributed by atoms with Gasteiger partial charge >= 0.3 is 0 Å². The fourth-order valence-corrected chi connectivity index (χ4v) is 3.76. The molecule has 0 atom stereocenters. The second-order valence-corrected chi connectivity index (χ2v) is 6.86. The number of aliphatic hydroxyl groups is 1. The first-order chi connectivity index (χ1) is 11.7. The van der Waals surface area contributed by atoms with Gasteiger partial charge in [-0.3, -0.25) is 4.99 Å². The Morgan fingerprint density at radius 1 is 1.38 bits per heavy atom. The van der Waals surface area contributed by atoms with E-state index >= 15 is 0 Å². The number of aryl methyl sites for hydroxylation is 1. The maximum atomic E-state index is 9.16. The van der Waals surface area contributed by atoms with Crippen LogP contribution in [0.25, 0.3) is 10.9 Å². The lowest BCUT2D eigenvalue weighted by molar-refractivity contribution is 0.207. The minimum Gasteiger partial charge on any atom is -0.396 e. The van der Waals surface area contributed by atoms with Crippen LogP contribution in [0, 0.1) is 6.92 Å². The van der Waals surface area contributed by atoms with Crippen LogP contribution < -0.4 is 0 Å². The van der Waals surface area contributed by atoms with Gasteiger partial charge < -0.3 is 14.7 Å². The van der Waals surface area contributed by atoms with Crippen LogP contribution in [0.2, 0.25) is 0 Å². The van der Waals surface area contributed by atoms with Gasteiger partial charge in [-0.25, -0.2) is 4.98 Å². The van der Waals surface area contributed by atoms with Crippen LogP contribution in [0.15, 0.2) is 34.3 Å². The fourth-order valence-electron chi connectivity index (χ4n) is 2.75. The number of aliphatic imine (C=N–C) groups is 1. The Balaban J connectivity index is 1.92. The van der Waals surface area contributed by atoms with Gasteiger partial charge in [0.2, 0.25) is 0 Å². The maximum Gasteiger partial charge on any atom is 0.165 e. The number of hydrogen-bond donors (Lipinski definition) is 1. The first-order valence-corrected chi connectivity index (χ1v) is 9.00. The Bertz CT molecular complexity index is 748. The molecule has 1 aromatic heterocycles. The van der Waals surface area contributed by atoms with E-state index < -0.39 is 0 Å². The predicted octanol–water partition coefficient (Wildman–Crippen LogP) is 2.84. The van der Waals surface area contributed by atoms with E-state index in [2.05, 4.69) is 41.1 Å². The molecule has 0 fully saturated rings. The third kappa shape index (κ3) is 3.88. The Morgan fingerprint density at radius 3 is 3.04 bits per heavy atom. The van der Waals surface area contributed by atoms with Gasteiger partial charge in [-0.2, -0.15) is 0 Å². The monoisotopic (exact) mass is 345 g/mol. The number of fused-ring (bicyclic) bond motifs is 2. The summed E-state index contributed by atoms with van der Waals surface area (Å²) in [5.41, 5.74) is 3.49. The number of amidine groups is 1. The van der Waals surface area contributed by atoms with Gasteiger partial charge in [-0.05, 0) is 43.3 Å². The molecule has 5 nitrogen and oxygen atoms in total. The topological polar surface area (TPSA) is 58.0 Å². The number of thioether (sulfide) groups is 1. The first kappa shape index (κ1) is 17.2. The molecule has 128 valence electrons. The average Bonchev–Trinajstić information content (AvgIpc) is 2.58. The van der Waals surface area contributed by atoms with Crippen LogP contribution in [0.4, 0.5) is 0 Å². The fraction of sp³-hybridized carbons (Fsp3) is 0.444. The van der Waals surface area contributed by atoms with Crippen molar-refractivity contribution in [2.24, 2.45) is 4.99 Å². The highest BCUT2D eigenvalue weighted by molar-refractivity contribution is 8.13. The van der Waals surface area contributed by atoms with Crippen LogP contribution >= 0.6 is 11.8 Å². The van der Waals surface area contributed by atoms with Crippen molar-refractivity contribution in [3.63, 3.8) is 0 Å². The molecule has 1 aliphatic heterocycles. The van der Waals surface area contributed by atoms with Crippen molar-refractivity contribution in [3.8, 4) is 0 Å². The zero-order valence-corrected chi connectivity index (χ0v) is 15.0. The minimum absolute atomic E-state index is 0.189. The van der Waals surface area contributed by atoms with Crippen LogP contribution in [0.5, 0.6) is 0 Å². The molecular formula is C18H23N3O2S. The van der Waals surface area contributed by atoms with E-state index in [1.807, 2.05) is 0 Å². The second kappa shape index (κ2) is 7.96. The van der Waals surface area contributed by atoms with Gasteiger partial charge in [0.05, 0.1) is 18.7 Å². The highest BCUT2D eigenvalue weighted by Gasteiger charge is 2.23. The van der Waals surface area contributed by atoms with Crippen LogP contribution in [-0.4, -0.2) is 53.6 Å². The number of aliphatic hydroxyl groups excluding tert-OH is 1. The smallest absolute Gasteiger partial charge is 0.165 e. The van der Waals surface area contributed by atoms with Crippen molar-refractivity contribution >= 4 is 27.8 Å². The number of pyridine rings is 1. The van der Waals surface area contributed by atoms with E-state index in [4.69, 9.17) is 14.8 Å². The third-order valence-electron chi connectivity index (χ3n) is 3.96. The minimum atomic E-state index is 0.189. The van der Waals surface area contributed by atoms with E-state index in [0.29, 0.717) is 13.2 Å². The molecule has 0 radical (unpaired) electrons. The largest absolute Gasteiger partial charge is 0.396 e. The van der Waals surface area contributed by atoms with Crippen molar-refractivity contribution in [2.45, 2.75) is 24.9 Å². The van der Waals surface area contributed by atoms with Crippen LogP contribution in [-0.2, 0) is 11.3 Å². The normalized spacial score (nSPS) is 16.0. The number of nitrogens with zero attached hydrogens (tertiary/aromatic N) is 3. The summed E-state index contributed by atoms with van der Waals surface area (Å²) in [4.78, 5) is 11.7. The lowest BCUT2D eigenvalue weighted by Gasteiger charge is -2.30. The zero-order valence-electron chi connectivity index (χ0n) is 14.2. The molecule has 1 N–H and O–H groups in total. The molecule has 3 rings (SSSR count). The molecule has 2 aromatic rings. The highest BCUT2D eigenvalue weighted by Crippen LogP contribution is 2.33. The molecule has 0 bridgehead atoms. The number of benzene rings is 1. The molecule has 1 aromatic carbocycles. The van der Waals surface area contributed by atoms with E-state index in [9.17, 15) is 0 Å². The zero-order chi connectivity index (χ0) is 16.9. The summed E-state index contributed by atoms with van der Waals surface area (Å²) < 4.78 is 5.10. The molecule has 1 aliphatic rings. The van der Waals surface area contributed by atoms with Crippen molar-refractivity contribution in [2.75, 3.05) is 33.4 Å². The summed E-state index contributed by atoms with van der Waals surface area (Å²) >= 11 is 1.61. The summed E-state index contributed by atoms with van der Waals surface area (Å²) in [5, 5.41) is 12.3. The Kier molecular flexibility index (Phi) is 5.71. The first-order valence-electron chi connectivity index (χ1n) is 8.18. The molecular weight excluding hydrogens is 322 g/mol. The summed E-state index contributed by atoms with van der Waals surface area (Å²) in [7, 11) is 1.68. The van der Waals surface area contributed by atoms with E-state index in [1.165, 1.54) is 16.5 Å². The summed E-state index contributed by atoms with van der Waals surface area (Å²) in [5.74, 6) is 0. The number of aromatic nitrogens is 1. The van der Waals surface area contributed by atoms with Crippen molar-refractivity contribution < 1.29 is 9.84 Å². The molecule has 0 unspecified atom stereocenters. The lowest BCUT2D eigenvalue weighted by atomic mass is 10.1. The summed E-state index contributed by atoms with van der Waals surface area (Å²) in [6.07, 6.45) is 0.735. The van der Waals surface area contributed by atoms with Crippen LogP contribution in [0.3, 0.4) is 0 Å². The molecule has 24 heavy (non-hydrogen) atoms. The van der Waals surface area contributed by atoms with Gasteiger partial charge in [0.15, 0.2) is 5.17 Å². The Labute approximate surface area is 146 Å². The predicted molar refractivity (Wildman–Crippen MR) is 98.6 cm³/mol. The molecule has 0 spiro atoms. The summed E-state index contributed by atoms with van der Waals surface area (Å²) in [6, 6.07) is 8.57. The van der Waals surface area contributed by atoms with Crippen LogP contribution in [0.1, 0.15) is 17.5 Å². The number of rotatable bonds is 6. The van der Waals surface area contributed by atoms with Crippen molar-refractivity contribution in [1.82, 2.24) is 9.88 Å². The molecule has 0 saturated carbocycles. The summed E-state index contributed by atoms with van der Waals surface area (Å²) in [6.45, 7) is 5.10. The van der Waals surface area contributed by atoms with Crippen molar-refractivity contribution in [1.29, 1.82) is 0 Å². The molecule has 0 amide bonds. The van der Waals surface area contributed by atoms with Gasteiger partial charge in [-0.15, -0.1) is 0 Å².